The molecule has 2 heterocycles. The van der Waals surface area contributed by atoms with Crippen molar-refractivity contribution in [3.05, 3.63) is 58.1 Å². The average molecular weight is 445 g/mol. The van der Waals surface area contributed by atoms with Gasteiger partial charge in [0.2, 0.25) is 0 Å². The van der Waals surface area contributed by atoms with Crippen LogP contribution in [0.2, 0.25) is 5.02 Å². The SMILES string of the molecule is Cc1ccc2c(c1)[C@H]1CN(C)CC[C@@H]1N2S(=O)(=O)c1cc(C(F)(F)F)ccc1Cl. The number of rotatable bonds is 2. The van der Waals surface area contributed by atoms with E-state index in [0.29, 0.717) is 31.3 Å². The van der Waals surface area contributed by atoms with E-state index in [1.165, 1.54) is 4.31 Å². The largest absolute Gasteiger partial charge is 0.416 e. The molecule has 2 aromatic carbocycles. The monoisotopic (exact) mass is 444 g/mol. The number of sulfonamides is 1. The second-order valence-corrected chi connectivity index (χ2v) is 9.92. The van der Waals surface area contributed by atoms with E-state index in [0.717, 1.165) is 23.3 Å². The number of likely N-dealkylation sites (tertiary alicyclic amines) is 1. The summed E-state index contributed by atoms with van der Waals surface area (Å²) in [6, 6.07) is 7.59. The van der Waals surface area contributed by atoms with Crippen molar-refractivity contribution in [2.45, 2.75) is 36.4 Å². The maximum absolute atomic E-state index is 13.6. The summed E-state index contributed by atoms with van der Waals surface area (Å²) in [5.74, 6) is -0.0389. The van der Waals surface area contributed by atoms with Crippen molar-refractivity contribution in [1.82, 2.24) is 4.90 Å². The van der Waals surface area contributed by atoms with Crippen LogP contribution in [-0.4, -0.2) is 39.5 Å². The lowest BCUT2D eigenvalue weighted by Crippen LogP contribution is -2.47. The van der Waals surface area contributed by atoms with Crippen LogP contribution in [0, 0.1) is 6.92 Å². The molecule has 1 fully saturated rings. The fourth-order valence-electron chi connectivity index (χ4n) is 4.33. The fraction of sp³-hybridized carbons (Fsp3) is 0.400. The van der Waals surface area contributed by atoms with Crippen LogP contribution in [0.5, 0.6) is 0 Å². The van der Waals surface area contributed by atoms with Crippen molar-refractivity contribution in [2.75, 3.05) is 24.4 Å². The van der Waals surface area contributed by atoms with Crippen LogP contribution in [0.1, 0.15) is 29.0 Å². The zero-order valence-corrected chi connectivity index (χ0v) is 17.4. The molecular weight excluding hydrogens is 425 g/mol. The molecule has 0 N–H and O–H groups in total. The topological polar surface area (TPSA) is 40.6 Å². The van der Waals surface area contributed by atoms with Crippen LogP contribution in [0.3, 0.4) is 0 Å². The highest BCUT2D eigenvalue weighted by Gasteiger charge is 2.47. The molecule has 0 unspecified atom stereocenters. The first-order valence-electron chi connectivity index (χ1n) is 9.20. The van der Waals surface area contributed by atoms with Gasteiger partial charge in [-0.2, -0.15) is 13.2 Å². The standard InChI is InChI=1S/C20H20ClF3N2O2S/c1-12-3-6-17-14(9-12)15-11-25(2)8-7-18(15)26(17)29(27,28)19-10-13(20(22,23)24)4-5-16(19)21/h3-6,9-10,15,18H,7-8,11H2,1-2H3/t15-,18+/m1/s1. The molecular formula is C20H20ClF3N2O2S. The third-order valence-corrected chi connectivity index (χ3v) is 8.02. The zero-order valence-electron chi connectivity index (χ0n) is 15.9. The molecule has 0 amide bonds. The van der Waals surface area contributed by atoms with Gasteiger partial charge in [0.25, 0.3) is 10.0 Å². The quantitative estimate of drug-likeness (QED) is 0.676. The number of piperidine rings is 1. The Labute approximate surface area is 172 Å². The lowest BCUT2D eigenvalue weighted by Gasteiger charge is -2.36. The number of aryl methyl sites for hydroxylation is 1. The molecule has 2 aromatic rings. The molecule has 0 radical (unpaired) electrons. The molecule has 0 aromatic heterocycles. The number of alkyl halides is 3. The van der Waals surface area contributed by atoms with Gasteiger partial charge in [-0.05, 0) is 56.8 Å². The van der Waals surface area contributed by atoms with Crippen molar-refractivity contribution in [3.63, 3.8) is 0 Å². The minimum atomic E-state index is -4.66. The number of nitrogens with zero attached hydrogens (tertiary/aromatic N) is 2. The summed E-state index contributed by atoms with van der Waals surface area (Å²) in [5, 5.41) is -0.219. The Hall–Kier alpha value is -1.77. The van der Waals surface area contributed by atoms with Gasteiger partial charge in [-0.3, -0.25) is 4.31 Å². The summed E-state index contributed by atoms with van der Waals surface area (Å²) >= 11 is 6.08. The Morgan fingerprint density at radius 3 is 2.55 bits per heavy atom. The van der Waals surface area contributed by atoms with Crippen molar-refractivity contribution in [3.8, 4) is 0 Å². The van der Waals surface area contributed by atoms with Gasteiger partial charge >= 0.3 is 6.18 Å². The Kier molecular flexibility index (Phi) is 4.87. The summed E-state index contributed by atoms with van der Waals surface area (Å²) in [6.07, 6.45) is -4.07. The number of likely N-dealkylation sites (N-methyl/N-ethyl adjacent to an activating group) is 1. The van der Waals surface area contributed by atoms with E-state index in [2.05, 4.69) is 4.90 Å². The first-order valence-corrected chi connectivity index (χ1v) is 11.0. The van der Waals surface area contributed by atoms with E-state index in [-0.39, 0.29) is 17.0 Å². The number of benzene rings is 2. The van der Waals surface area contributed by atoms with Crippen LogP contribution in [0.15, 0.2) is 41.3 Å². The summed E-state index contributed by atoms with van der Waals surface area (Å²) in [7, 11) is -2.30. The smallest absolute Gasteiger partial charge is 0.306 e. The predicted octanol–water partition coefficient (Wildman–Crippen LogP) is 4.66. The van der Waals surface area contributed by atoms with E-state index in [1.807, 2.05) is 26.1 Å². The van der Waals surface area contributed by atoms with E-state index in [4.69, 9.17) is 11.6 Å². The van der Waals surface area contributed by atoms with Crippen molar-refractivity contribution >= 4 is 27.3 Å². The summed E-state index contributed by atoms with van der Waals surface area (Å²) in [5.41, 5.74) is 1.40. The van der Waals surface area contributed by atoms with E-state index in [9.17, 15) is 21.6 Å². The lowest BCUT2D eigenvalue weighted by atomic mass is 9.89. The van der Waals surface area contributed by atoms with Crippen LogP contribution in [-0.2, 0) is 16.2 Å². The molecule has 1 saturated heterocycles. The third kappa shape index (κ3) is 3.41. The molecule has 2 atom stereocenters. The van der Waals surface area contributed by atoms with Crippen LogP contribution in [0.4, 0.5) is 18.9 Å². The second kappa shape index (κ2) is 6.89. The highest BCUT2D eigenvalue weighted by Crippen LogP contribution is 2.48. The summed E-state index contributed by atoms with van der Waals surface area (Å²) < 4.78 is 68.1. The normalized spacial score (nSPS) is 22.5. The minimum absolute atomic E-state index is 0.0389. The maximum Gasteiger partial charge on any atom is 0.416 e. The van der Waals surface area contributed by atoms with Gasteiger partial charge in [0.1, 0.15) is 4.90 Å². The first-order chi connectivity index (χ1) is 13.5. The molecule has 2 aliphatic heterocycles. The van der Waals surface area contributed by atoms with Crippen LogP contribution < -0.4 is 4.31 Å². The molecule has 9 heteroatoms. The van der Waals surface area contributed by atoms with Gasteiger partial charge in [0.15, 0.2) is 0 Å². The number of fused-ring (bicyclic) bond motifs is 3. The van der Waals surface area contributed by atoms with Gasteiger partial charge in [-0.1, -0.05) is 29.3 Å². The molecule has 0 spiro atoms. The fourth-order valence-corrected chi connectivity index (χ4v) is 6.58. The van der Waals surface area contributed by atoms with Crippen molar-refractivity contribution in [2.24, 2.45) is 0 Å². The lowest BCUT2D eigenvalue weighted by molar-refractivity contribution is -0.137. The van der Waals surface area contributed by atoms with Gasteiger partial charge in [0, 0.05) is 12.5 Å². The van der Waals surface area contributed by atoms with Gasteiger partial charge in [-0.25, -0.2) is 8.42 Å². The van der Waals surface area contributed by atoms with E-state index in [1.54, 1.807) is 6.07 Å². The molecule has 29 heavy (non-hydrogen) atoms. The molecule has 4 nitrogen and oxygen atoms in total. The summed E-state index contributed by atoms with van der Waals surface area (Å²) in [6.45, 7) is 3.32. The molecule has 4 rings (SSSR count). The first kappa shape index (κ1) is 20.5. The van der Waals surface area contributed by atoms with Crippen molar-refractivity contribution in [1.29, 1.82) is 0 Å². The Bertz CT molecular complexity index is 1070. The Balaban J connectivity index is 1.88. The predicted molar refractivity (Wildman–Crippen MR) is 106 cm³/mol. The van der Waals surface area contributed by atoms with Crippen LogP contribution >= 0.6 is 11.6 Å². The van der Waals surface area contributed by atoms with E-state index < -0.39 is 26.7 Å². The van der Waals surface area contributed by atoms with E-state index >= 15 is 0 Å². The molecule has 2 aliphatic rings. The van der Waals surface area contributed by atoms with Gasteiger partial charge in [-0.15, -0.1) is 0 Å². The summed E-state index contributed by atoms with van der Waals surface area (Å²) in [4.78, 5) is 1.63. The van der Waals surface area contributed by atoms with Gasteiger partial charge in [0.05, 0.1) is 22.3 Å². The maximum atomic E-state index is 13.6. The Morgan fingerprint density at radius 1 is 1.14 bits per heavy atom. The third-order valence-electron chi connectivity index (χ3n) is 5.70. The molecule has 0 bridgehead atoms. The van der Waals surface area contributed by atoms with Gasteiger partial charge < -0.3 is 4.90 Å². The highest BCUT2D eigenvalue weighted by molar-refractivity contribution is 7.93. The second-order valence-electron chi connectivity index (χ2n) is 7.73. The molecule has 156 valence electrons. The molecule has 0 saturated carbocycles. The molecule has 0 aliphatic carbocycles. The van der Waals surface area contributed by atoms with Crippen LogP contribution in [0.25, 0.3) is 0 Å². The zero-order chi connectivity index (χ0) is 21.1. The number of halogens is 4. The Morgan fingerprint density at radius 2 is 1.86 bits per heavy atom. The number of hydrogen-bond donors (Lipinski definition) is 0. The minimum Gasteiger partial charge on any atom is -0.306 e. The average Bonchev–Trinajstić information content (AvgIpc) is 2.94. The van der Waals surface area contributed by atoms with Crippen molar-refractivity contribution < 1.29 is 21.6 Å². The number of anilines is 1. The number of hydrogen-bond acceptors (Lipinski definition) is 3. The highest BCUT2D eigenvalue weighted by atomic mass is 35.5.